The number of piperazine rings is 1. The monoisotopic (exact) mass is 483 g/mol. The lowest BCUT2D eigenvalue weighted by atomic mass is 9.52. The summed E-state index contributed by atoms with van der Waals surface area (Å²) < 4.78 is 5.22. The van der Waals surface area contributed by atoms with Crippen molar-refractivity contribution in [3.63, 3.8) is 0 Å². The van der Waals surface area contributed by atoms with Crippen LogP contribution in [0.25, 0.3) is 0 Å². The Kier molecular flexibility index (Phi) is 6.48. The lowest BCUT2D eigenvalue weighted by Gasteiger charge is -2.58. The van der Waals surface area contributed by atoms with Gasteiger partial charge in [0.05, 0.1) is 23.5 Å². The molecule has 1 aromatic rings. The van der Waals surface area contributed by atoms with E-state index in [0.29, 0.717) is 29.2 Å². The molecule has 1 amide bonds. The number of hydrogen-bond donors (Lipinski definition) is 2. The summed E-state index contributed by atoms with van der Waals surface area (Å²) >= 11 is 0. The van der Waals surface area contributed by atoms with Crippen molar-refractivity contribution < 1.29 is 14.6 Å². The van der Waals surface area contributed by atoms with E-state index in [2.05, 4.69) is 15.1 Å². The minimum absolute atomic E-state index is 0.00713. The first kappa shape index (κ1) is 23.6. The fourth-order valence-electron chi connectivity index (χ4n) is 8.06. The summed E-state index contributed by atoms with van der Waals surface area (Å²) in [6, 6.07) is 0.176. The lowest BCUT2D eigenvalue weighted by molar-refractivity contribution is -0.136. The average Bonchev–Trinajstić information content (AvgIpc) is 3.39. The van der Waals surface area contributed by atoms with Crippen LogP contribution in [0.5, 0.6) is 0 Å². The number of hydrogen-bond acceptors (Lipinski definition) is 7. The second-order valence-electron chi connectivity index (χ2n) is 12.0. The molecule has 1 aromatic heterocycles. The Bertz CT molecular complexity index is 911. The maximum atomic E-state index is 13.6. The largest absolute Gasteiger partial charge is 0.390 e. The highest BCUT2D eigenvalue weighted by Crippen LogP contribution is 2.55. The van der Waals surface area contributed by atoms with Crippen molar-refractivity contribution in [1.29, 1.82) is 0 Å². The molecule has 0 aromatic carbocycles. The Hall–Kier alpha value is -1.77. The molecule has 0 spiro atoms. The smallest absolute Gasteiger partial charge is 0.254 e. The van der Waals surface area contributed by atoms with Gasteiger partial charge in [-0.25, -0.2) is 9.97 Å². The van der Waals surface area contributed by atoms with Crippen molar-refractivity contribution in [2.24, 2.45) is 17.8 Å². The van der Waals surface area contributed by atoms with Crippen molar-refractivity contribution >= 4 is 11.9 Å². The van der Waals surface area contributed by atoms with Crippen LogP contribution in [0.15, 0.2) is 6.20 Å². The van der Waals surface area contributed by atoms with Gasteiger partial charge in [-0.05, 0) is 62.7 Å². The molecule has 35 heavy (non-hydrogen) atoms. The van der Waals surface area contributed by atoms with E-state index in [-0.39, 0.29) is 11.9 Å². The van der Waals surface area contributed by atoms with Gasteiger partial charge >= 0.3 is 0 Å². The first-order valence-corrected chi connectivity index (χ1v) is 13.9. The maximum absolute atomic E-state index is 13.6. The zero-order valence-corrected chi connectivity index (χ0v) is 21.1. The van der Waals surface area contributed by atoms with Gasteiger partial charge in [-0.1, -0.05) is 12.8 Å². The van der Waals surface area contributed by atoms with Crippen molar-refractivity contribution in [2.45, 2.75) is 75.3 Å². The van der Waals surface area contributed by atoms with Crippen LogP contribution >= 0.6 is 0 Å². The zero-order valence-electron chi connectivity index (χ0n) is 21.1. The molecular weight excluding hydrogens is 442 g/mol. The molecule has 2 N–H and O–H groups in total. The zero-order chi connectivity index (χ0) is 24.0. The molecule has 5 aliphatic carbocycles. The highest BCUT2D eigenvalue weighted by Gasteiger charge is 2.55. The molecule has 1 aliphatic heterocycles. The molecule has 2 atom stereocenters. The Balaban J connectivity index is 1.18. The fraction of sp³-hybridized carbons (Fsp3) is 0.815. The van der Waals surface area contributed by atoms with Gasteiger partial charge in [-0.3, -0.25) is 9.69 Å². The molecule has 192 valence electrons. The molecule has 2 unspecified atom stereocenters. The normalized spacial score (nSPS) is 35.1. The molecule has 6 aliphatic rings. The number of ether oxygens (including phenoxy) is 1. The summed E-state index contributed by atoms with van der Waals surface area (Å²) in [4.78, 5) is 28.1. The summed E-state index contributed by atoms with van der Waals surface area (Å²) in [6.07, 6.45) is 11.3. The van der Waals surface area contributed by atoms with E-state index in [0.717, 1.165) is 95.9 Å². The van der Waals surface area contributed by atoms with Crippen molar-refractivity contribution in [1.82, 2.24) is 20.2 Å². The Morgan fingerprint density at radius 2 is 1.86 bits per heavy atom. The van der Waals surface area contributed by atoms with Crippen LogP contribution in [0.3, 0.4) is 0 Å². The molecule has 2 heterocycles. The van der Waals surface area contributed by atoms with Crippen LogP contribution in [-0.2, 0) is 4.74 Å². The Morgan fingerprint density at radius 3 is 2.51 bits per heavy atom. The van der Waals surface area contributed by atoms with Crippen molar-refractivity contribution in [3.05, 3.63) is 17.5 Å². The van der Waals surface area contributed by atoms with Gasteiger partial charge in [0.15, 0.2) is 0 Å². The van der Waals surface area contributed by atoms with E-state index in [1.807, 2.05) is 0 Å². The molecule has 8 heteroatoms. The number of amides is 1. The van der Waals surface area contributed by atoms with Crippen molar-refractivity contribution in [2.75, 3.05) is 51.3 Å². The average molecular weight is 484 g/mol. The van der Waals surface area contributed by atoms with Crippen LogP contribution in [0.2, 0.25) is 0 Å². The fourth-order valence-corrected chi connectivity index (χ4v) is 8.06. The van der Waals surface area contributed by atoms with Gasteiger partial charge in [0.25, 0.3) is 5.91 Å². The quantitative estimate of drug-likeness (QED) is 0.616. The first-order chi connectivity index (χ1) is 17.0. The standard InChI is InChI=1S/C27H41N5O3/c1-35-11-10-31-6-8-32(9-7-31)26-28-17-22(24(30-26)19-4-2-3-5-19)25(33)29-23-20-12-18-13-21(23)16-27(34,14-18)15-20/h17-21,23,34H,2-16H2,1H3,(H,29,33)/t18?,20?,21?,23-,27-. The van der Waals surface area contributed by atoms with Gasteiger partial charge in [0, 0.05) is 58.0 Å². The predicted molar refractivity (Wildman–Crippen MR) is 134 cm³/mol. The summed E-state index contributed by atoms with van der Waals surface area (Å²) in [6.45, 7) is 5.47. The SMILES string of the molecule is COCCN1CCN(c2ncc(C(=O)N[C@H]3C4CC5CC3C[C@](O)(C5)C4)c(C3CCCC3)n2)CC1. The molecule has 4 bridgehead atoms. The van der Waals surface area contributed by atoms with Crippen LogP contribution < -0.4 is 10.2 Å². The molecule has 0 radical (unpaired) electrons. The van der Waals surface area contributed by atoms with Crippen LogP contribution in [0.1, 0.15) is 79.8 Å². The van der Waals surface area contributed by atoms with Gasteiger partial charge in [0.1, 0.15) is 0 Å². The molecule has 1 saturated heterocycles. The summed E-state index contributed by atoms with van der Waals surface area (Å²) in [5.74, 6) is 2.55. The molecule has 6 fully saturated rings. The highest BCUT2D eigenvalue weighted by atomic mass is 16.5. The van der Waals surface area contributed by atoms with Gasteiger partial charge in [0.2, 0.25) is 5.95 Å². The Labute approximate surface area is 208 Å². The van der Waals surface area contributed by atoms with E-state index >= 15 is 0 Å². The molecule has 8 nitrogen and oxygen atoms in total. The number of nitrogens with zero attached hydrogens (tertiary/aromatic N) is 4. The number of carbonyl (C=O) groups excluding carboxylic acids is 1. The molecule has 7 rings (SSSR count). The number of nitrogens with one attached hydrogen (secondary N) is 1. The van der Waals surface area contributed by atoms with E-state index < -0.39 is 5.60 Å². The number of anilines is 1. The van der Waals surface area contributed by atoms with Gasteiger partial charge in [-0.15, -0.1) is 0 Å². The predicted octanol–water partition coefficient (Wildman–Crippen LogP) is 2.57. The minimum atomic E-state index is -0.481. The second kappa shape index (κ2) is 9.60. The van der Waals surface area contributed by atoms with Crippen LogP contribution in [-0.4, -0.2) is 84.0 Å². The van der Waals surface area contributed by atoms with E-state index in [1.54, 1.807) is 13.3 Å². The molecule has 5 saturated carbocycles. The van der Waals surface area contributed by atoms with Gasteiger partial charge < -0.3 is 20.1 Å². The number of methoxy groups -OCH3 is 1. The topological polar surface area (TPSA) is 90.8 Å². The summed E-state index contributed by atoms with van der Waals surface area (Å²) in [5.41, 5.74) is 1.14. The summed E-state index contributed by atoms with van der Waals surface area (Å²) in [7, 11) is 1.75. The molecular formula is C27H41N5O3. The van der Waals surface area contributed by atoms with Crippen LogP contribution in [0.4, 0.5) is 5.95 Å². The third-order valence-corrected chi connectivity index (χ3v) is 9.60. The summed E-state index contributed by atoms with van der Waals surface area (Å²) in [5, 5.41) is 14.3. The third-order valence-electron chi connectivity index (χ3n) is 9.60. The number of rotatable bonds is 7. The number of aliphatic hydroxyl groups is 1. The minimum Gasteiger partial charge on any atom is -0.390 e. The lowest BCUT2D eigenvalue weighted by Crippen LogP contribution is -2.61. The van der Waals surface area contributed by atoms with Crippen molar-refractivity contribution in [3.8, 4) is 0 Å². The first-order valence-electron chi connectivity index (χ1n) is 13.9. The Morgan fingerprint density at radius 1 is 1.14 bits per heavy atom. The van der Waals surface area contributed by atoms with Gasteiger partial charge in [-0.2, -0.15) is 0 Å². The highest BCUT2D eigenvalue weighted by molar-refractivity contribution is 5.95. The van der Waals surface area contributed by atoms with Crippen LogP contribution in [0, 0.1) is 17.8 Å². The number of carbonyl (C=O) groups is 1. The van der Waals surface area contributed by atoms with E-state index in [9.17, 15) is 9.90 Å². The van der Waals surface area contributed by atoms with E-state index in [1.165, 1.54) is 12.8 Å². The maximum Gasteiger partial charge on any atom is 0.254 e. The third kappa shape index (κ3) is 4.69. The van der Waals surface area contributed by atoms with E-state index in [4.69, 9.17) is 14.7 Å². The number of aromatic nitrogens is 2. The second-order valence-corrected chi connectivity index (χ2v) is 12.0.